The average molecular weight is 272 g/mol. The van der Waals surface area contributed by atoms with Gasteiger partial charge in [-0.25, -0.2) is 4.85 Å². The number of aromatic nitrogens is 1. The minimum Gasteiger partial charge on any atom is -0.395 e. The molecule has 6 nitrogen and oxygen atoms in total. The van der Waals surface area contributed by atoms with Crippen molar-refractivity contribution < 1.29 is 9.90 Å². The first-order chi connectivity index (χ1) is 9.63. The largest absolute Gasteiger partial charge is 0.395 e. The summed E-state index contributed by atoms with van der Waals surface area (Å²) in [6.07, 6.45) is 1.77. The second-order valence-electron chi connectivity index (χ2n) is 4.56. The summed E-state index contributed by atoms with van der Waals surface area (Å²) in [5.74, 6) is -0.181. The lowest BCUT2D eigenvalue weighted by atomic mass is 10.2. The minimum atomic E-state index is -0.181. The highest BCUT2D eigenvalue weighted by Gasteiger charge is 2.10. The number of aromatic amines is 1. The van der Waals surface area contributed by atoms with Crippen molar-refractivity contribution in [2.75, 3.05) is 32.1 Å². The molecular formula is C14H16N4O2. The Hall–Kier alpha value is -2.36. The molecule has 3 N–H and O–H groups in total. The number of benzene rings is 1. The molecule has 2 aromatic rings. The summed E-state index contributed by atoms with van der Waals surface area (Å²) in [5.41, 5.74) is 1.88. The van der Waals surface area contributed by atoms with Crippen molar-refractivity contribution in [2.24, 2.45) is 0 Å². The summed E-state index contributed by atoms with van der Waals surface area (Å²) >= 11 is 0. The third-order valence-electron chi connectivity index (χ3n) is 2.94. The van der Waals surface area contributed by atoms with Crippen LogP contribution in [-0.2, 0) is 4.79 Å². The van der Waals surface area contributed by atoms with Crippen molar-refractivity contribution in [3.63, 3.8) is 0 Å². The molecule has 0 fully saturated rings. The maximum Gasteiger partial charge on any atom is 0.238 e. The summed E-state index contributed by atoms with van der Waals surface area (Å²) in [4.78, 5) is 20.1. The Kier molecular flexibility index (Phi) is 4.35. The van der Waals surface area contributed by atoms with E-state index in [0.717, 1.165) is 10.9 Å². The van der Waals surface area contributed by atoms with Crippen molar-refractivity contribution in [3.05, 3.63) is 35.8 Å². The van der Waals surface area contributed by atoms with Crippen molar-refractivity contribution in [1.82, 2.24) is 9.88 Å². The highest BCUT2D eigenvalue weighted by atomic mass is 16.3. The molecule has 1 aromatic heterocycles. The molecule has 2 rings (SSSR count). The number of carbonyl (C=O) groups is 1. The van der Waals surface area contributed by atoms with Gasteiger partial charge in [0.05, 0.1) is 30.9 Å². The summed E-state index contributed by atoms with van der Waals surface area (Å²) in [6, 6.07) is 5.28. The number of nitrogens with zero attached hydrogens (tertiary/aromatic N) is 2. The van der Waals surface area contributed by atoms with E-state index in [1.807, 2.05) is 6.07 Å². The van der Waals surface area contributed by atoms with Crippen molar-refractivity contribution in [1.29, 1.82) is 0 Å². The number of likely N-dealkylation sites (N-methyl/N-ethyl adjacent to an activating group) is 1. The predicted molar refractivity (Wildman–Crippen MR) is 77.8 cm³/mol. The number of nitrogens with one attached hydrogen (secondary N) is 2. The average Bonchev–Trinajstić information content (AvgIpc) is 2.86. The van der Waals surface area contributed by atoms with Crippen LogP contribution in [0.25, 0.3) is 15.7 Å². The van der Waals surface area contributed by atoms with Crippen LogP contribution in [0.5, 0.6) is 0 Å². The predicted octanol–water partition coefficient (Wildman–Crippen LogP) is 1.58. The van der Waals surface area contributed by atoms with Gasteiger partial charge in [-0.3, -0.25) is 9.69 Å². The third kappa shape index (κ3) is 3.15. The number of anilines is 1. The fourth-order valence-electron chi connectivity index (χ4n) is 2.00. The topological polar surface area (TPSA) is 72.7 Å². The molecule has 0 unspecified atom stereocenters. The smallest absolute Gasteiger partial charge is 0.238 e. The van der Waals surface area contributed by atoms with Gasteiger partial charge < -0.3 is 15.4 Å². The van der Waals surface area contributed by atoms with Crippen LogP contribution in [0.15, 0.2) is 24.4 Å². The van der Waals surface area contributed by atoms with E-state index in [1.54, 1.807) is 30.3 Å². The Morgan fingerprint density at radius 3 is 3.05 bits per heavy atom. The number of amides is 1. The number of carbonyl (C=O) groups excluding carboxylic acids is 1. The van der Waals surface area contributed by atoms with Gasteiger partial charge in [0.15, 0.2) is 5.69 Å². The van der Waals surface area contributed by atoms with Gasteiger partial charge in [0.25, 0.3) is 0 Å². The second-order valence-corrected chi connectivity index (χ2v) is 4.56. The van der Waals surface area contributed by atoms with Crippen LogP contribution in [0.4, 0.5) is 11.4 Å². The number of H-pyrrole nitrogens is 1. The third-order valence-corrected chi connectivity index (χ3v) is 2.94. The first-order valence-electron chi connectivity index (χ1n) is 6.22. The van der Waals surface area contributed by atoms with Gasteiger partial charge in [0, 0.05) is 12.7 Å². The highest BCUT2D eigenvalue weighted by molar-refractivity contribution is 6.03. The molecular weight excluding hydrogens is 256 g/mol. The van der Waals surface area contributed by atoms with Crippen LogP contribution in [0.1, 0.15) is 0 Å². The van der Waals surface area contributed by atoms with Gasteiger partial charge in [-0.2, -0.15) is 0 Å². The number of fused-ring (bicyclic) bond motifs is 1. The normalized spacial score (nSPS) is 10.7. The molecule has 1 heterocycles. The molecule has 104 valence electrons. The van der Waals surface area contributed by atoms with Crippen LogP contribution < -0.4 is 5.32 Å². The number of aliphatic hydroxyl groups excluding tert-OH is 1. The van der Waals surface area contributed by atoms with Gasteiger partial charge in [0.2, 0.25) is 5.91 Å². The van der Waals surface area contributed by atoms with E-state index in [2.05, 4.69) is 15.1 Å². The molecule has 0 aliphatic heterocycles. The lowest BCUT2D eigenvalue weighted by molar-refractivity contribution is -0.117. The quantitative estimate of drug-likeness (QED) is 0.724. The van der Waals surface area contributed by atoms with Gasteiger partial charge in [-0.1, -0.05) is 0 Å². The molecule has 0 bridgehead atoms. The molecule has 0 aliphatic carbocycles. The lowest BCUT2D eigenvalue weighted by Crippen LogP contribution is -2.32. The summed E-state index contributed by atoms with van der Waals surface area (Å²) in [7, 11) is 1.76. The Morgan fingerprint density at radius 1 is 1.55 bits per heavy atom. The summed E-state index contributed by atoms with van der Waals surface area (Å²) < 4.78 is 0. The molecule has 0 aliphatic rings. The van der Waals surface area contributed by atoms with Crippen molar-refractivity contribution >= 4 is 28.2 Å². The van der Waals surface area contributed by atoms with Crippen LogP contribution in [0.3, 0.4) is 0 Å². The molecule has 20 heavy (non-hydrogen) atoms. The van der Waals surface area contributed by atoms with E-state index in [-0.39, 0.29) is 19.1 Å². The van der Waals surface area contributed by atoms with Gasteiger partial charge in [-0.15, -0.1) is 0 Å². The maximum atomic E-state index is 11.9. The van der Waals surface area contributed by atoms with E-state index in [0.29, 0.717) is 17.9 Å². The van der Waals surface area contributed by atoms with Crippen LogP contribution >= 0.6 is 0 Å². The molecule has 0 spiro atoms. The van der Waals surface area contributed by atoms with Gasteiger partial charge in [-0.05, 0) is 30.6 Å². The molecule has 6 heteroatoms. The molecule has 0 radical (unpaired) electrons. The number of aliphatic hydroxyl groups is 1. The van der Waals surface area contributed by atoms with E-state index in [9.17, 15) is 4.79 Å². The monoisotopic (exact) mass is 272 g/mol. The summed E-state index contributed by atoms with van der Waals surface area (Å²) in [6.45, 7) is 7.72. The fourth-order valence-corrected chi connectivity index (χ4v) is 2.00. The number of rotatable bonds is 5. The van der Waals surface area contributed by atoms with Crippen LogP contribution in [-0.4, -0.2) is 47.6 Å². The fraction of sp³-hybridized carbons (Fsp3) is 0.286. The number of hydrogen-bond acceptors (Lipinski definition) is 3. The molecule has 0 saturated heterocycles. The highest BCUT2D eigenvalue weighted by Crippen LogP contribution is 2.28. The Labute approximate surface area is 116 Å². The minimum absolute atomic E-state index is 0.0118. The molecule has 0 atom stereocenters. The van der Waals surface area contributed by atoms with Gasteiger partial charge >= 0.3 is 0 Å². The van der Waals surface area contributed by atoms with Crippen molar-refractivity contribution in [3.8, 4) is 0 Å². The first-order valence-corrected chi connectivity index (χ1v) is 6.22. The summed E-state index contributed by atoms with van der Waals surface area (Å²) in [5, 5.41) is 12.5. The Balaban J connectivity index is 2.18. The second kappa shape index (κ2) is 6.19. The Bertz CT molecular complexity index is 657. The van der Waals surface area contributed by atoms with E-state index < -0.39 is 0 Å². The van der Waals surface area contributed by atoms with Crippen LogP contribution in [0.2, 0.25) is 0 Å². The first kappa shape index (κ1) is 14.1. The lowest BCUT2D eigenvalue weighted by Gasteiger charge is -2.15. The molecule has 1 amide bonds. The maximum absolute atomic E-state index is 11.9. The van der Waals surface area contributed by atoms with E-state index >= 15 is 0 Å². The van der Waals surface area contributed by atoms with Crippen molar-refractivity contribution in [2.45, 2.75) is 0 Å². The van der Waals surface area contributed by atoms with E-state index in [1.165, 1.54) is 0 Å². The zero-order valence-corrected chi connectivity index (χ0v) is 11.2. The SMILES string of the molecule is [C-]#[N+]c1cc(NC(=O)CN(C)CCO)c2[nH]ccc2c1. The number of hydrogen-bond donors (Lipinski definition) is 3. The van der Waals surface area contributed by atoms with Crippen LogP contribution in [0, 0.1) is 6.57 Å². The zero-order chi connectivity index (χ0) is 14.5. The van der Waals surface area contributed by atoms with Gasteiger partial charge in [0.1, 0.15) is 0 Å². The standard InChI is InChI=1S/C14H16N4O2/c1-15-11-7-10-3-4-16-14(10)12(8-11)17-13(20)9-18(2)5-6-19/h3-4,7-8,16,19H,5-6,9H2,2H3,(H,17,20). The van der Waals surface area contributed by atoms with E-state index in [4.69, 9.17) is 11.7 Å². The molecule has 1 aromatic carbocycles. The zero-order valence-electron chi connectivity index (χ0n) is 11.2. The Morgan fingerprint density at radius 2 is 2.35 bits per heavy atom. The molecule has 0 saturated carbocycles.